The molecule has 0 fully saturated rings. The summed E-state index contributed by atoms with van der Waals surface area (Å²) in [6, 6.07) is 0. The van der Waals surface area contributed by atoms with Crippen molar-refractivity contribution >= 4 is 16.2 Å². The molecule has 1 aromatic heterocycles. The molecule has 0 amide bonds. The second-order valence-corrected chi connectivity index (χ2v) is 6.10. The molecule has 0 bridgehead atoms. The molecule has 98 valence electrons. The summed E-state index contributed by atoms with van der Waals surface area (Å²) in [6.45, 7) is 0.407. The normalized spacial score (nSPS) is 22.7. The van der Waals surface area contributed by atoms with Crippen molar-refractivity contribution < 1.29 is 8.42 Å². The second-order valence-electron chi connectivity index (χ2n) is 4.27. The van der Waals surface area contributed by atoms with E-state index in [0.29, 0.717) is 19.4 Å². The molecule has 0 radical (unpaired) electrons. The standard InChI is InChI=1S/C11H16N4O2S/c1-18(16,17)15-7-3-5-11(4-2-6-14-11)10-12-8-9-13-10/h2,4,6,8-9,15H,3,5,7H2,1H3,(H,12,13). The summed E-state index contributed by atoms with van der Waals surface area (Å²) >= 11 is 0. The number of hydrogen-bond donors (Lipinski definition) is 2. The van der Waals surface area contributed by atoms with Crippen LogP contribution in [0.2, 0.25) is 0 Å². The largest absolute Gasteiger partial charge is 0.346 e. The van der Waals surface area contributed by atoms with Crippen LogP contribution in [0.4, 0.5) is 0 Å². The number of imidazole rings is 1. The number of aromatic nitrogens is 2. The van der Waals surface area contributed by atoms with Crippen molar-refractivity contribution in [2.24, 2.45) is 4.99 Å². The third-order valence-corrected chi connectivity index (χ3v) is 3.50. The van der Waals surface area contributed by atoms with Crippen molar-refractivity contribution in [1.29, 1.82) is 0 Å². The maximum atomic E-state index is 11.0. The Hall–Kier alpha value is -1.47. The molecule has 1 atom stereocenters. The summed E-state index contributed by atoms with van der Waals surface area (Å²) in [5.41, 5.74) is -0.470. The molecule has 0 saturated heterocycles. The van der Waals surface area contributed by atoms with Gasteiger partial charge in [0.05, 0.1) is 6.26 Å². The van der Waals surface area contributed by atoms with Gasteiger partial charge in [0.1, 0.15) is 11.4 Å². The van der Waals surface area contributed by atoms with Gasteiger partial charge in [-0.3, -0.25) is 4.99 Å². The molecule has 0 aliphatic carbocycles. The van der Waals surface area contributed by atoms with Gasteiger partial charge in [0, 0.05) is 25.2 Å². The predicted octanol–water partition coefficient (Wildman–Crippen LogP) is 0.575. The number of sulfonamides is 1. The Labute approximate surface area is 106 Å². The number of nitrogens with one attached hydrogen (secondary N) is 2. The number of H-pyrrole nitrogens is 1. The quantitative estimate of drug-likeness (QED) is 0.740. The molecule has 0 spiro atoms. The minimum Gasteiger partial charge on any atom is -0.346 e. The first-order valence-electron chi connectivity index (χ1n) is 5.69. The van der Waals surface area contributed by atoms with E-state index in [-0.39, 0.29) is 0 Å². The van der Waals surface area contributed by atoms with Crippen LogP contribution in [0, 0.1) is 0 Å². The molecule has 7 heteroatoms. The van der Waals surface area contributed by atoms with Crippen molar-refractivity contribution in [3.05, 3.63) is 30.4 Å². The molecule has 2 N–H and O–H groups in total. The molecule has 6 nitrogen and oxygen atoms in total. The number of aromatic amines is 1. The molecule has 2 rings (SSSR count). The third kappa shape index (κ3) is 3.05. The summed E-state index contributed by atoms with van der Waals surface area (Å²) in [6.07, 6.45) is 11.6. The lowest BCUT2D eigenvalue weighted by Crippen LogP contribution is -2.26. The fourth-order valence-electron chi connectivity index (χ4n) is 1.95. The average molecular weight is 268 g/mol. The van der Waals surface area contributed by atoms with Crippen LogP contribution in [0.5, 0.6) is 0 Å². The zero-order valence-electron chi connectivity index (χ0n) is 10.1. The fourth-order valence-corrected chi connectivity index (χ4v) is 2.46. The van der Waals surface area contributed by atoms with E-state index < -0.39 is 15.6 Å². The number of hydrogen-bond acceptors (Lipinski definition) is 4. The SMILES string of the molecule is CS(=O)(=O)NCCCC1(c2ncc[nH]2)C=CC=N1. The van der Waals surface area contributed by atoms with Gasteiger partial charge in [-0.1, -0.05) is 0 Å². The number of allylic oxidation sites excluding steroid dienone is 1. The van der Waals surface area contributed by atoms with E-state index in [1.165, 1.54) is 0 Å². The molecule has 0 aromatic carbocycles. The Bertz CT molecular complexity index is 534. The van der Waals surface area contributed by atoms with E-state index in [0.717, 1.165) is 12.1 Å². The lowest BCUT2D eigenvalue weighted by Gasteiger charge is -2.21. The minimum atomic E-state index is -3.12. The Morgan fingerprint density at radius 3 is 2.89 bits per heavy atom. The predicted molar refractivity (Wildman–Crippen MR) is 70.0 cm³/mol. The van der Waals surface area contributed by atoms with E-state index in [1.54, 1.807) is 18.6 Å². The van der Waals surface area contributed by atoms with Gasteiger partial charge in [-0.25, -0.2) is 18.1 Å². The highest BCUT2D eigenvalue weighted by atomic mass is 32.2. The summed E-state index contributed by atoms with van der Waals surface area (Å²) in [4.78, 5) is 11.7. The Kier molecular flexibility index (Phi) is 3.63. The van der Waals surface area contributed by atoms with E-state index in [9.17, 15) is 8.42 Å². The van der Waals surface area contributed by atoms with E-state index in [4.69, 9.17) is 0 Å². The van der Waals surface area contributed by atoms with Crippen LogP contribution in [0.3, 0.4) is 0 Å². The van der Waals surface area contributed by atoms with Crippen LogP contribution in [-0.4, -0.2) is 37.4 Å². The van der Waals surface area contributed by atoms with Crippen LogP contribution >= 0.6 is 0 Å². The summed E-state index contributed by atoms with van der Waals surface area (Å²) in [7, 11) is -3.12. The number of nitrogens with zero attached hydrogens (tertiary/aromatic N) is 2. The first-order valence-corrected chi connectivity index (χ1v) is 7.59. The zero-order chi connectivity index (χ0) is 13.1. The minimum absolute atomic E-state index is 0.407. The summed E-state index contributed by atoms with van der Waals surface area (Å²) in [5.74, 6) is 0.784. The molecule has 2 heterocycles. The highest BCUT2D eigenvalue weighted by Gasteiger charge is 2.32. The highest BCUT2D eigenvalue weighted by molar-refractivity contribution is 7.88. The molecule has 1 aromatic rings. The van der Waals surface area contributed by atoms with E-state index in [1.807, 2.05) is 12.2 Å². The van der Waals surface area contributed by atoms with Crippen LogP contribution in [0.25, 0.3) is 0 Å². The van der Waals surface area contributed by atoms with Crippen LogP contribution in [0.1, 0.15) is 18.7 Å². The van der Waals surface area contributed by atoms with Crippen molar-refractivity contribution in [1.82, 2.24) is 14.7 Å². The first-order chi connectivity index (χ1) is 8.52. The smallest absolute Gasteiger partial charge is 0.208 e. The number of rotatable bonds is 6. The topological polar surface area (TPSA) is 87.2 Å². The fraction of sp³-hybridized carbons (Fsp3) is 0.455. The molecule has 18 heavy (non-hydrogen) atoms. The monoisotopic (exact) mass is 268 g/mol. The summed E-state index contributed by atoms with van der Waals surface area (Å²) < 4.78 is 24.4. The van der Waals surface area contributed by atoms with Crippen LogP contribution < -0.4 is 4.72 Å². The van der Waals surface area contributed by atoms with Crippen molar-refractivity contribution in [3.63, 3.8) is 0 Å². The highest BCUT2D eigenvalue weighted by Crippen LogP contribution is 2.32. The third-order valence-electron chi connectivity index (χ3n) is 2.77. The molecular weight excluding hydrogens is 252 g/mol. The second kappa shape index (κ2) is 5.03. The van der Waals surface area contributed by atoms with E-state index >= 15 is 0 Å². The maximum Gasteiger partial charge on any atom is 0.208 e. The van der Waals surface area contributed by atoms with Gasteiger partial charge >= 0.3 is 0 Å². The molecule has 1 aliphatic heterocycles. The Balaban J connectivity index is 1.97. The van der Waals surface area contributed by atoms with Gasteiger partial charge < -0.3 is 4.98 Å². The number of aliphatic imine (C=N–C) groups is 1. The van der Waals surface area contributed by atoms with Gasteiger partial charge in [0.25, 0.3) is 0 Å². The molecule has 0 saturated carbocycles. The van der Waals surface area contributed by atoms with Gasteiger partial charge in [-0.15, -0.1) is 0 Å². The average Bonchev–Trinajstić information content (AvgIpc) is 2.94. The Morgan fingerprint density at radius 1 is 1.50 bits per heavy atom. The van der Waals surface area contributed by atoms with Crippen molar-refractivity contribution in [3.8, 4) is 0 Å². The zero-order valence-corrected chi connectivity index (χ0v) is 10.9. The van der Waals surface area contributed by atoms with Gasteiger partial charge in [0.2, 0.25) is 10.0 Å². The molecule has 1 unspecified atom stereocenters. The lowest BCUT2D eigenvalue weighted by molar-refractivity contribution is 0.474. The van der Waals surface area contributed by atoms with Gasteiger partial charge in [0.15, 0.2) is 0 Å². The summed E-state index contributed by atoms with van der Waals surface area (Å²) in [5, 5.41) is 0. The van der Waals surface area contributed by atoms with Crippen molar-refractivity contribution in [2.45, 2.75) is 18.4 Å². The Morgan fingerprint density at radius 2 is 2.33 bits per heavy atom. The maximum absolute atomic E-state index is 11.0. The molecular formula is C11H16N4O2S. The molecule has 1 aliphatic rings. The van der Waals surface area contributed by atoms with Crippen molar-refractivity contribution in [2.75, 3.05) is 12.8 Å². The van der Waals surface area contributed by atoms with Gasteiger partial charge in [-0.05, 0) is 25.0 Å². The van der Waals surface area contributed by atoms with E-state index in [2.05, 4.69) is 19.7 Å². The van der Waals surface area contributed by atoms with Crippen LogP contribution in [-0.2, 0) is 15.6 Å². The van der Waals surface area contributed by atoms with Crippen LogP contribution in [0.15, 0.2) is 29.5 Å². The lowest BCUT2D eigenvalue weighted by atomic mass is 9.94. The van der Waals surface area contributed by atoms with Gasteiger partial charge in [-0.2, -0.15) is 0 Å². The first kappa shape index (κ1) is 13.0.